The summed E-state index contributed by atoms with van der Waals surface area (Å²) in [5, 5.41) is 3.13. The van der Waals surface area contributed by atoms with E-state index in [1.54, 1.807) is 49.6 Å². The SMILES string of the molecule is COc1ccc(OC)c(Nc2nc3ccccc3nc2NS(=O)(=O)c2cccc(Br)c2)c1. The molecule has 0 saturated carbocycles. The Bertz CT molecular complexity index is 1400. The van der Waals surface area contributed by atoms with Crippen molar-refractivity contribution in [3.8, 4) is 11.5 Å². The Hall–Kier alpha value is -3.37. The van der Waals surface area contributed by atoms with Crippen molar-refractivity contribution in [2.24, 2.45) is 0 Å². The number of nitrogens with zero attached hydrogens (tertiary/aromatic N) is 2. The molecule has 0 saturated heterocycles. The molecule has 1 heterocycles. The van der Waals surface area contributed by atoms with E-state index in [-0.39, 0.29) is 16.5 Å². The number of nitrogens with one attached hydrogen (secondary N) is 2. The molecule has 8 nitrogen and oxygen atoms in total. The Balaban J connectivity index is 1.81. The number of halogens is 1. The zero-order valence-electron chi connectivity index (χ0n) is 17.2. The number of ether oxygens (including phenoxy) is 2. The fourth-order valence-electron chi connectivity index (χ4n) is 3.02. The van der Waals surface area contributed by atoms with E-state index < -0.39 is 10.0 Å². The Morgan fingerprint density at radius 1 is 0.844 bits per heavy atom. The van der Waals surface area contributed by atoms with Gasteiger partial charge in [0.2, 0.25) is 0 Å². The van der Waals surface area contributed by atoms with Crippen LogP contribution in [0.5, 0.6) is 11.5 Å². The number of methoxy groups -OCH3 is 2. The Labute approximate surface area is 193 Å². The van der Waals surface area contributed by atoms with Gasteiger partial charge in [-0.1, -0.05) is 34.1 Å². The predicted molar refractivity (Wildman–Crippen MR) is 127 cm³/mol. The number of rotatable bonds is 7. The highest BCUT2D eigenvalue weighted by Crippen LogP contribution is 2.34. The monoisotopic (exact) mass is 514 g/mol. The van der Waals surface area contributed by atoms with Crippen LogP contribution in [0.25, 0.3) is 11.0 Å². The molecule has 2 N–H and O–H groups in total. The molecule has 0 atom stereocenters. The predicted octanol–water partition coefficient (Wildman–Crippen LogP) is 4.95. The minimum Gasteiger partial charge on any atom is -0.497 e. The van der Waals surface area contributed by atoms with Gasteiger partial charge in [-0.15, -0.1) is 0 Å². The highest BCUT2D eigenvalue weighted by molar-refractivity contribution is 9.10. The summed E-state index contributed by atoms with van der Waals surface area (Å²) in [6.07, 6.45) is 0. The van der Waals surface area contributed by atoms with E-state index in [9.17, 15) is 8.42 Å². The quantitative estimate of drug-likeness (QED) is 0.359. The van der Waals surface area contributed by atoms with Gasteiger partial charge in [0.25, 0.3) is 10.0 Å². The number of fused-ring (bicyclic) bond motifs is 1. The topological polar surface area (TPSA) is 102 Å². The average Bonchev–Trinajstić information content (AvgIpc) is 2.79. The largest absolute Gasteiger partial charge is 0.497 e. The first-order valence-corrected chi connectivity index (χ1v) is 11.7. The second kappa shape index (κ2) is 9.01. The van der Waals surface area contributed by atoms with Gasteiger partial charge in [-0.3, -0.25) is 4.72 Å². The van der Waals surface area contributed by atoms with Crippen molar-refractivity contribution in [1.29, 1.82) is 0 Å². The van der Waals surface area contributed by atoms with E-state index in [2.05, 4.69) is 35.9 Å². The summed E-state index contributed by atoms with van der Waals surface area (Å²) in [4.78, 5) is 9.18. The maximum absolute atomic E-state index is 13.0. The van der Waals surface area contributed by atoms with Crippen LogP contribution in [0.3, 0.4) is 0 Å². The highest BCUT2D eigenvalue weighted by atomic mass is 79.9. The van der Waals surface area contributed by atoms with Crippen molar-refractivity contribution in [2.75, 3.05) is 24.3 Å². The van der Waals surface area contributed by atoms with Gasteiger partial charge in [-0.05, 0) is 42.5 Å². The molecule has 0 unspecified atom stereocenters. The van der Waals surface area contributed by atoms with Crippen LogP contribution >= 0.6 is 15.9 Å². The third kappa shape index (κ3) is 4.61. The lowest BCUT2D eigenvalue weighted by atomic mass is 10.2. The van der Waals surface area contributed by atoms with Gasteiger partial charge >= 0.3 is 0 Å². The molecule has 0 spiro atoms. The molecule has 0 fully saturated rings. The van der Waals surface area contributed by atoms with Gasteiger partial charge in [0.05, 0.1) is 35.8 Å². The first-order valence-electron chi connectivity index (χ1n) is 9.44. The number of anilines is 3. The fourth-order valence-corrected chi connectivity index (χ4v) is 4.62. The second-order valence-electron chi connectivity index (χ2n) is 6.66. The van der Waals surface area contributed by atoms with Crippen molar-refractivity contribution in [3.05, 3.63) is 71.2 Å². The van der Waals surface area contributed by atoms with Crippen molar-refractivity contribution < 1.29 is 17.9 Å². The summed E-state index contributed by atoms with van der Waals surface area (Å²) in [7, 11) is -0.834. The van der Waals surface area contributed by atoms with Gasteiger partial charge in [0, 0.05) is 10.5 Å². The van der Waals surface area contributed by atoms with Gasteiger partial charge in [-0.25, -0.2) is 18.4 Å². The number of para-hydroxylation sites is 2. The molecule has 0 bridgehead atoms. The summed E-state index contributed by atoms with van der Waals surface area (Å²) in [5.41, 5.74) is 1.68. The number of benzene rings is 3. The minimum atomic E-state index is -3.93. The molecule has 164 valence electrons. The molecule has 3 aromatic carbocycles. The van der Waals surface area contributed by atoms with Gasteiger partial charge in [0.15, 0.2) is 11.6 Å². The van der Waals surface area contributed by atoms with Crippen LogP contribution in [0.15, 0.2) is 76.1 Å². The third-order valence-electron chi connectivity index (χ3n) is 4.57. The molecule has 0 aliphatic heterocycles. The lowest BCUT2D eigenvalue weighted by Gasteiger charge is -2.16. The maximum atomic E-state index is 13.0. The summed E-state index contributed by atoms with van der Waals surface area (Å²) < 4.78 is 40.0. The standard InChI is InChI=1S/C22H19BrN4O4S/c1-30-15-10-11-20(31-2)19(13-15)26-21-22(25-18-9-4-3-8-17(18)24-21)27-32(28,29)16-7-5-6-14(23)12-16/h3-13H,1-2H3,(H,24,26)(H,25,27). The zero-order valence-corrected chi connectivity index (χ0v) is 19.6. The van der Waals surface area contributed by atoms with E-state index in [4.69, 9.17) is 9.47 Å². The lowest BCUT2D eigenvalue weighted by molar-refractivity contribution is 0.405. The average molecular weight is 515 g/mol. The lowest BCUT2D eigenvalue weighted by Crippen LogP contribution is -2.16. The van der Waals surface area contributed by atoms with Crippen molar-refractivity contribution >= 4 is 54.3 Å². The number of sulfonamides is 1. The molecular weight excluding hydrogens is 496 g/mol. The normalized spacial score (nSPS) is 11.2. The first kappa shape index (κ1) is 21.8. The molecule has 0 radical (unpaired) electrons. The molecular formula is C22H19BrN4O4S. The van der Waals surface area contributed by atoms with Crippen molar-refractivity contribution in [3.63, 3.8) is 0 Å². The Morgan fingerprint density at radius 3 is 2.22 bits per heavy atom. The Kier molecular flexibility index (Phi) is 6.15. The van der Waals surface area contributed by atoms with E-state index >= 15 is 0 Å². The van der Waals surface area contributed by atoms with E-state index in [0.717, 1.165) is 0 Å². The molecule has 0 amide bonds. The van der Waals surface area contributed by atoms with Crippen LogP contribution in [0.4, 0.5) is 17.3 Å². The van der Waals surface area contributed by atoms with Crippen molar-refractivity contribution in [2.45, 2.75) is 4.90 Å². The van der Waals surface area contributed by atoms with E-state index in [0.29, 0.717) is 32.7 Å². The van der Waals surface area contributed by atoms with Crippen LogP contribution in [-0.4, -0.2) is 32.6 Å². The molecule has 32 heavy (non-hydrogen) atoms. The van der Waals surface area contributed by atoms with Crippen LogP contribution in [-0.2, 0) is 10.0 Å². The number of hydrogen-bond donors (Lipinski definition) is 2. The summed E-state index contributed by atoms with van der Waals surface area (Å²) in [5.74, 6) is 1.39. The van der Waals surface area contributed by atoms with Crippen LogP contribution in [0.1, 0.15) is 0 Å². The first-order chi connectivity index (χ1) is 15.4. The van der Waals surface area contributed by atoms with Crippen LogP contribution in [0.2, 0.25) is 0 Å². The second-order valence-corrected chi connectivity index (χ2v) is 9.26. The van der Waals surface area contributed by atoms with Gasteiger partial charge in [0.1, 0.15) is 11.5 Å². The molecule has 0 aliphatic carbocycles. The maximum Gasteiger partial charge on any atom is 0.263 e. The van der Waals surface area contributed by atoms with Gasteiger partial charge < -0.3 is 14.8 Å². The minimum absolute atomic E-state index is 0.0496. The molecule has 0 aliphatic rings. The van der Waals surface area contributed by atoms with E-state index in [1.807, 2.05) is 12.1 Å². The summed E-state index contributed by atoms with van der Waals surface area (Å²) in [6.45, 7) is 0. The number of aromatic nitrogens is 2. The van der Waals surface area contributed by atoms with E-state index in [1.165, 1.54) is 19.2 Å². The zero-order chi connectivity index (χ0) is 22.7. The smallest absolute Gasteiger partial charge is 0.263 e. The van der Waals surface area contributed by atoms with Crippen molar-refractivity contribution in [1.82, 2.24) is 9.97 Å². The van der Waals surface area contributed by atoms with Crippen LogP contribution < -0.4 is 19.5 Å². The molecule has 10 heteroatoms. The Morgan fingerprint density at radius 2 is 1.56 bits per heavy atom. The summed E-state index contributed by atoms with van der Waals surface area (Å²) >= 11 is 3.30. The molecule has 1 aromatic heterocycles. The number of hydrogen-bond acceptors (Lipinski definition) is 7. The molecule has 4 aromatic rings. The van der Waals surface area contributed by atoms with Gasteiger partial charge in [-0.2, -0.15) is 0 Å². The third-order valence-corrected chi connectivity index (χ3v) is 6.40. The molecule has 4 rings (SSSR count). The fraction of sp³-hybridized carbons (Fsp3) is 0.0909. The van der Waals surface area contributed by atoms with Crippen LogP contribution in [0, 0.1) is 0 Å². The highest BCUT2D eigenvalue weighted by Gasteiger charge is 2.20. The summed E-state index contributed by atoms with van der Waals surface area (Å²) in [6, 6.07) is 18.8.